The van der Waals surface area contributed by atoms with Gasteiger partial charge in [0, 0.05) is 16.6 Å². The second-order valence-electron chi connectivity index (χ2n) is 5.09. The van der Waals surface area contributed by atoms with Gasteiger partial charge in [-0.05, 0) is 49.3 Å². The molecule has 20 heavy (non-hydrogen) atoms. The van der Waals surface area contributed by atoms with Crippen molar-refractivity contribution in [2.45, 2.75) is 32.2 Å². The molecule has 4 nitrogen and oxygen atoms in total. The number of fused-ring (bicyclic) bond motifs is 1. The summed E-state index contributed by atoms with van der Waals surface area (Å²) in [6.07, 6.45) is 4.71. The Hall–Kier alpha value is -1.88. The van der Waals surface area contributed by atoms with Crippen LogP contribution < -0.4 is 0 Å². The predicted molar refractivity (Wildman–Crippen MR) is 76.8 cm³/mol. The quantitative estimate of drug-likeness (QED) is 0.881. The van der Waals surface area contributed by atoms with E-state index >= 15 is 0 Å². The fourth-order valence-corrected chi connectivity index (χ4v) is 3.83. The molecular weight excluding hydrogens is 274 g/mol. The fraction of sp³-hybridized carbons (Fsp3) is 0.333. The minimum atomic E-state index is -0.986. The molecule has 0 saturated heterocycles. The van der Waals surface area contributed by atoms with Crippen LogP contribution in [-0.4, -0.2) is 21.4 Å². The highest BCUT2D eigenvalue weighted by atomic mass is 32.1. The summed E-state index contributed by atoms with van der Waals surface area (Å²) in [5, 5.41) is 11.4. The van der Waals surface area contributed by atoms with Gasteiger partial charge in [0.15, 0.2) is 5.78 Å². The van der Waals surface area contributed by atoms with Crippen molar-refractivity contribution >= 4 is 23.1 Å². The number of Topliss-reactive ketones (excluding diaryl/α,β-unsaturated/α-hetero) is 1. The molecule has 1 aliphatic carbocycles. The van der Waals surface area contributed by atoms with Crippen LogP contribution in [0.4, 0.5) is 0 Å². The van der Waals surface area contributed by atoms with Gasteiger partial charge in [0.05, 0.1) is 6.04 Å². The molecule has 1 aliphatic rings. The maximum Gasteiger partial charge on any atom is 0.352 e. The van der Waals surface area contributed by atoms with E-state index in [0.717, 1.165) is 19.3 Å². The molecule has 0 aromatic carbocycles. The zero-order chi connectivity index (χ0) is 14.3. The smallest absolute Gasteiger partial charge is 0.352 e. The number of rotatable bonds is 3. The van der Waals surface area contributed by atoms with Crippen molar-refractivity contribution in [1.29, 1.82) is 0 Å². The highest BCUT2D eigenvalue weighted by Gasteiger charge is 2.26. The highest BCUT2D eigenvalue weighted by Crippen LogP contribution is 2.37. The third-order valence-corrected chi connectivity index (χ3v) is 4.83. The zero-order valence-electron chi connectivity index (χ0n) is 11.1. The van der Waals surface area contributed by atoms with E-state index in [1.165, 1.54) is 23.4 Å². The Morgan fingerprint density at radius 1 is 1.45 bits per heavy atom. The lowest BCUT2D eigenvalue weighted by atomic mass is 9.93. The molecule has 0 amide bonds. The van der Waals surface area contributed by atoms with Gasteiger partial charge in [0.25, 0.3) is 0 Å². The Balaban J connectivity index is 2.11. The molecule has 0 bridgehead atoms. The summed E-state index contributed by atoms with van der Waals surface area (Å²) in [7, 11) is 0. The van der Waals surface area contributed by atoms with Gasteiger partial charge in [0.1, 0.15) is 5.69 Å². The van der Waals surface area contributed by atoms with Crippen molar-refractivity contribution in [3.05, 3.63) is 45.4 Å². The van der Waals surface area contributed by atoms with Gasteiger partial charge in [-0.25, -0.2) is 4.79 Å². The van der Waals surface area contributed by atoms with Gasteiger partial charge in [-0.15, -0.1) is 11.3 Å². The lowest BCUT2D eigenvalue weighted by molar-refractivity contribution is 0.0683. The number of carboxylic acids is 1. The van der Waals surface area contributed by atoms with E-state index in [1.807, 2.05) is 0 Å². The molecule has 0 radical (unpaired) electrons. The number of aryl methyl sites for hydroxylation is 1. The number of hydrogen-bond donors (Lipinski definition) is 1. The monoisotopic (exact) mass is 289 g/mol. The average Bonchev–Trinajstić information content (AvgIpc) is 3.04. The minimum absolute atomic E-state index is 0.0317. The van der Waals surface area contributed by atoms with Crippen LogP contribution in [0.25, 0.3) is 0 Å². The first kappa shape index (κ1) is 13.1. The summed E-state index contributed by atoms with van der Waals surface area (Å²) >= 11 is 1.72. The molecular formula is C15H15NO3S. The number of aromatic nitrogens is 1. The fourth-order valence-electron chi connectivity index (χ4n) is 2.85. The van der Waals surface area contributed by atoms with Gasteiger partial charge < -0.3 is 9.67 Å². The van der Waals surface area contributed by atoms with Crippen molar-refractivity contribution in [2.24, 2.45) is 0 Å². The Morgan fingerprint density at radius 2 is 2.25 bits per heavy atom. The Labute approximate surface area is 120 Å². The Morgan fingerprint density at radius 3 is 2.95 bits per heavy atom. The number of hydrogen-bond acceptors (Lipinski definition) is 3. The third kappa shape index (κ3) is 2.08. The van der Waals surface area contributed by atoms with E-state index < -0.39 is 5.97 Å². The first-order valence-corrected chi connectivity index (χ1v) is 7.48. The maximum absolute atomic E-state index is 11.5. The number of carbonyl (C=O) groups excluding carboxylic acids is 1. The second kappa shape index (κ2) is 4.90. The maximum atomic E-state index is 11.5. The Bertz CT molecular complexity index is 683. The minimum Gasteiger partial charge on any atom is -0.477 e. The summed E-state index contributed by atoms with van der Waals surface area (Å²) in [5.74, 6) is -1.09. The van der Waals surface area contributed by atoms with E-state index in [9.17, 15) is 14.7 Å². The van der Waals surface area contributed by atoms with E-state index in [1.54, 1.807) is 22.1 Å². The number of nitrogens with zero attached hydrogens (tertiary/aromatic N) is 1. The second-order valence-corrected chi connectivity index (χ2v) is 6.09. The number of ketones is 1. The van der Waals surface area contributed by atoms with Crippen LogP contribution in [0.2, 0.25) is 0 Å². The third-order valence-electron chi connectivity index (χ3n) is 3.83. The molecule has 1 atom stereocenters. The zero-order valence-corrected chi connectivity index (χ0v) is 11.9. The number of carbonyl (C=O) groups is 2. The van der Waals surface area contributed by atoms with E-state index in [0.29, 0.717) is 5.56 Å². The van der Waals surface area contributed by atoms with Crippen molar-refractivity contribution in [3.8, 4) is 0 Å². The van der Waals surface area contributed by atoms with Crippen LogP contribution in [0.3, 0.4) is 0 Å². The lowest BCUT2D eigenvalue weighted by Gasteiger charge is -2.25. The normalized spacial score (nSPS) is 17.8. The molecule has 2 heterocycles. The van der Waals surface area contributed by atoms with Gasteiger partial charge in [0.2, 0.25) is 0 Å². The molecule has 0 fully saturated rings. The van der Waals surface area contributed by atoms with Gasteiger partial charge in [-0.2, -0.15) is 0 Å². The van der Waals surface area contributed by atoms with E-state index in [-0.39, 0.29) is 17.5 Å². The first-order valence-electron chi connectivity index (χ1n) is 6.60. The summed E-state index contributed by atoms with van der Waals surface area (Å²) < 4.78 is 1.75. The van der Waals surface area contributed by atoms with Crippen molar-refractivity contribution in [2.75, 3.05) is 0 Å². The van der Waals surface area contributed by atoms with Crippen LogP contribution >= 0.6 is 11.3 Å². The number of aromatic carboxylic acids is 1. The SMILES string of the molecule is CC(=O)c1cc(C(=O)O)n(C2CCCc3sccc32)c1. The van der Waals surface area contributed by atoms with Gasteiger partial charge in [-0.3, -0.25) is 4.79 Å². The molecule has 2 aromatic rings. The van der Waals surface area contributed by atoms with Crippen LogP contribution in [0.1, 0.15) is 57.1 Å². The number of thiophene rings is 1. The topological polar surface area (TPSA) is 59.3 Å². The summed E-state index contributed by atoms with van der Waals surface area (Å²) in [5.41, 5.74) is 1.86. The molecule has 0 aliphatic heterocycles. The van der Waals surface area contributed by atoms with E-state index in [4.69, 9.17) is 0 Å². The van der Waals surface area contributed by atoms with Crippen LogP contribution in [-0.2, 0) is 6.42 Å². The summed E-state index contributed by atoms with van der Waals surface area (Å²) in [4.78, 5) is 24.3. The van der Waals surface area contributed by atoms with Gasteiger partial charge in [-0.1, -0.05) is 0 Å². The predicted octanol–water partition coefficient (Wildman–Crippen LogP) is 3.38. The summed E-state index contributed by atoms with van der Waals surface area (Å²) in [6.45, 7) is 1.46. The van der Waals surface area contributed by atoms with Crippen molar-refractivity contribution < 1.29 is 14.7 Å². The molecule has 104 valence electrons. The molecule has 1 N–H and O–H groups in total. The van der Waals surface area contributed by atoms with Crippen LogP contribution in [0, 0.1) is 0 Å². The standard InChI is InChI=1S/C15H15NO3S/c1-9(17)10-7-13(15(18)19)16(8-10)12-3-2-4-14-11(12)5-6-20-14/h5-8,12H,2-4H2,1H3,(H,18,19). The van der Waals surface area contributed by atoms with E-state index in [2.05, 4.69) is 11.4 Å². The van der Waals surface area contributed by atoms with Crippen molar-refractivity contribution in [3.63, 3.8) is 0 Å². The molecule has 2 aromatic heterocycles. The first-order chi connectivity index (χ1) is 9.58. The van der Waals surface area contributed by atoms with Crippen LogP contribution in [0.15, 0.2) is 23.7 Å². The molecule has 0 spiro atoms. The molecule has 1 unspecified atom stereocenters. The average molecular weight is 289 g/mol. The highest BCUT2D eigenvalue weighted by molar-refractivity contribution is 7.10. The largest absolute Gasteiger partial charge is 0.477 e. The molecule has 5 heteroatoms. The lowest BCUT2D eigenvalue weighted by Crippen LogP contribution is -2.19. The Kier molecular flexibility index (Phi) is 3.22. The number of carboxylic acid groups (broad SMARTS) is 1. The molecule has 0 saturated carbocycles. The van der Waals surface area contributed by atoms with Crippen molar-refractivity contribution in [1.82, 2.24) is 4.57 Å². The van der Waals surface area contributed by atoms with Crippen LogP contribution in [0.5, 0.6) is 0 Å². The molecule has 3 rings (SSSR count). The summed E-state index contributed by atoms with van der Waals surface area (Å²) in [6, 6.07) is 3.58. The van der Waals surface area contributed by atoms with Gasteiger partial charge >= 0.3 is 5.97 Å².